The van der Waals surface area contributed by atoms with Gasteiger partial charge in [-0.15, -0.1) is 0 Å². The van der Waals surface area contributed by atoms with E-state index in [9.17, 15) is 9.59 Å². The van der Waals surface area contributed by atoms with Crippen molar-refractivity contribution in [3.05, 3.63) is 11.8 Å². The average molecular weight is 379 g/mol. The second-order valence-corrected chi connectivity index (χ2v) is 7.70. The van der Waals surface area contributed by atoms with E-state index in [0.29, 0.717) is 12.3 Å². The molecule has 0 aliphatic heterocycles. The largest absolute Gasteiger partial charge is 0.481 e. The predicted molar refractivity (Wildman–Crippen MR) is 100 cm³/mol. The molecule has 2 amide bonds. The number of alkyl carbamates (subject to hydrolysis) is 1. The molecule has 3 N–H and O–H groups in total. The second kappa shape index (κ2) is 8.88. The van der Waals surface area contributed by atoms with Gasteiger partial charge >= 0.3 is 6.09 Å². The first kappa shape index (κ1) is 20.7. The maximum atomic E-state index is 12.5. The summed E-state index contributed by atoms with van der Waals surface area (Å²) in [6.45, 7) is 7.26. The normalized spacial score (nSPS) is 19.7. The van der Waals surface area contributed by atoms with Crippen LogP contribution in [-0.2, 0) is 9.53 Å². The summed E-state index contributed by atoms with van der Waals surface area (Å²) in [5.74, 6) is 0.311. The SMILES string of the molecule is COc1cc(C)nc(NNC(=O)[C@H]2CCC[C@@H](NC(=O)OC(C)(C)C)C2)n1. The zero-order valence-electron chi connectivity index (χ0n) is 16.6. The Kier molecular flexibility index (Phi) is 6.81. The highest BCUT2D eigenvalue weighted by Crippen LogP contribution is 2.25. The minimum atomic E-state index is -0.547. The molecule has 1 aliphatic rings. The monoisotopic (exact) mass is 379 g/mol. The van der Waals surface area contributed by atoms with Gasteiger partial charge in [0.25, 0.3) is 0 Å². The van der Waals surface area contributed by atoms with Gasteiger partial charge in [-0.3, -0.25) is 15.6 Å². The highest BCUT2D eigenvalue weighted by Gasteiger charge is 2.29. The molecule has 0 bridgehead atoms. The molecule has 0 radical (unpaired) electrons. The number of hydrogen-bond donors (Lipinski definition) is 3. The van der Waals surface area contributed by atoms with E-state index in [1.54, 1.807) is 6.07 Å². The summed E-state index contributed by atoms with van der Waals surface area (Å²) in [6.07, 6.45) is 2.55. The van der Waals surface area contributed by atoms with Gasteiger partial charge in [-0.1, -0.05) is 6.42 Å². The fourth-order valence-corrected chi connectivity index (χ4v) is 2.95. The van der Waals surface area contributed by atoms with E-state index < -0.39 is 11.7 Å². The summed E-state index contributed by atoms with van der Waals surface area (Å²) >= 11 is 0. The molecule has 2 rings (SSSR count). The van der Waals surface area contributed by atoms with Crippen molar-refractivity contribution >= 4 is 17.9 Å². The fraction of sp³-hybridized carbons (Fsp3) is 0.667. The summed E-state index contributed by atoms with van der Waals surface area (Å²) in [4.78, 5) is 32.7. The molecule has 9 heteroatoms. The number of carbonyl (C=O) groups is 2. The predicted octanol–water partition coefficient (Wildman–Crippen LogP) is 2.32. The van der Waals surface area contributed by atoms with Crippen LogP contribution in [0.1, 0.15) is 52.1 Å². The van der Waals surface area contributed by atoms with Crippen LogP contribution in [0.3, 0.4) is 0 Å². The van der Waals surface area contributed by atoms with Crippen LogP contribution in [0.25, 0.3) is 0 Å². The number of ether oxygens (including phenoxy) is 2. The Labute approximate surface area is 159 Å². The number of aryl methyl sites for hydroxylation is 1. The van der Waals surface area contributed by atoms with Crippen LogP contribution in [0, 0.1) is 12.8 Å². The topological polar surface area (TPSA) is 114 Å². The van der Waals surface area contributed by atoms with Crippen molar-refractivity contribution < 1.29 is 19.1 Å². The first-order valence-electron chi connectivity index (χ1n) is 9.11. The second-order valence-electron chi connectivity index (χ2n) is 7.70. The van der Waals surface area contributed by atoms with Gasteiger partial charge in [0.2, 0.25) is 17.7 Å². The van der Waals surface area contributed by atoms with Crippen molar-refractivity contribution in [2.75, 3.05) is 12.5 Å². The third-order valence-electron chi connectivity index (χ3n) is 4.10. The Balaban J connectivity index is 1.85. The van der Waals surface area contributed by atoms with Crippen molar-refractivity contribution in [1.82, 2.24) is 20.7 Å². The zero-order chi connectivity index (χ0) is 20.0. The smallest absolute Gasteiger partial charge is 0.407 e. The van der Waals surface area contributed by atoms with Crippen molar-refractivity contribution in [1.29, 1.82) is 0 Å². The molecule has 0 unspecified atom stereocenters. The van der Waals surface area contributed by atoms with Crippen molar-refractivity contribution in [2.45, 2.75) is 65.0 Å². The van der Waals surface area contributed by atoms with E-state index in [0.717, 1.165) is 25.0 Å². The van der Waals surface area contributed by atoms with Crippen molar-refractivity contribution in [2.24, 2.45) is 5.92 Å². The molecule has 1 aliphatic carbocycles. The Morgan fingerprint density at radius 1 is 1.22 bits per heavy atom. The molecule has 1 aromatic heterocycles. The lowest BCUT2D eigenvalue weighted by molar-refractivity contribution is -0.125. The molecule has 27 heavy (non-hydrogen) atoms. The molecule has 2 atom stereocenters. The average Bonchev–Trinajstić information content (AvgIpc) is 2.57. The highest BCUT2D eigenvalue weighted by atomic mass is 16.6. The van der Waals surface area contributed by atoms with E-state index in [1.165, 1.54) is 7.11 Å². The summed E-state index contributed by atoms with van der Waals surface area (Å²) in [6, 6.07) is 1.61. The zero-order valence-corrected chi connectivity index (χ0v) is 16.6. The quantitative estimate of drug-likeness (QED) is 0.673. The maximum absolute atomic E-state index is 12.5. The molecule has 1 heterocycles. The Hall–Kier alpha value is -2.58. The molecule has 1 saturated carbocycles. The first-order valence-corrected chi connectivity index (χ1v) is 9.11. The minimum absolute atomic E-state index is 0.0836. The van der Waals surface area contributed by atoms with Gasteiger partial charge in [0.05, 0.1) is 7.11 Å². The lowest BCUT2D eigenvalue weighted by Crippen LogP contribution is -2.45. The van der Waals surface area contributed by atoms with E-state index in [-0.39, 0.29) is 23.8 Å². The molecule has 1 aromatic rings. The highest BCUT2D eigenvalue weighted by molar-refractivity contribution is 5.80. The molecular formula is C18H29N5O4. The number of hydrogen-bond acceptors (Lipinski definition) is 7. The Morgan fingerprint density at radius 2 is 1.96 bits per heavy atom. The van der Waals surface area contributed by atoms with E-state index in [2.05, 4.69) is 26.1 Å². The third kappa shape index (κ3) is 6.92. The molecule has 0 saturated heterocycles. The van der Waals surface area contributed by atoms with Crippen LogP contribution in [0.4, 0.5) is 10.7 Å². The standard InChI is InChI=1S/C18H29N5O4/c1-11-9-14(26-5)21-16(19-11)23-22-15(24)12-7-6-8-13(10-12)20-17(25)27-18(2,3)4/h9,12-13H,6-8,10H2,1-5H3,(H,20,25)(H,22,24)(H,19,21,23)/t12-,13+/m0/s1. The third-order valence-corrected chi connectivity index (χ3v) is 4.10. The summed E-state index contributed by atoms with van der Waals surface area (Å²) in [5, 5.41) is 2.85. The van der Waals surface area contributed by atoms with Gasteiger partial charge < -0.3 is 14.8 Å². The van der Waals surface area contributed by atoms with Gasteiger partial charge in [-0.25, -0.2) is 9.78 Å². The number of nitrogens with zero attached hydrogens (tertiary/aromatic N) is 2. The number of methoxy groups -OCH3 is 1. The summed E-state index contributed by atoms with van der Waals surface area (Å²) in [5.41, 5.74) is 5.55. The molecule has 150 valence electrons. The summed E-state index contributed by atoms with van der Waals surface area (Å²) in [7, 11) is 1.52. The fourth-order valence-electron chi connectivity index (χ4n) is 2.95. The van der Waals surface area contributed by atoms with Gasteiger partial charge in [0.15, 0.2) is 0 Å². The van der Waals surface area contributed by atoms with E-state index in [4.69, 9.17) is 9.47 Å². The number of rotatable bonds is 5. The molecule has 0 aromatic carbocycles. The molecule has 0 spiro atoms. The van der Waals surface area contributed by atoms with Crippen LogP contribution >= 0.6 is 0 Å². The number of carbonyl (C=O) groups excluding carboxylic acids is 2. The lowest BCUT2D eigenvalue weighted by atomic mass is 9.85. The van der Waals surface area contributed by atoms with Crippen LogP contribution in [0.5, 0.6) is 5.88 Å². The number of amides is 2. The van der Waals surface area contributed by atoms with Crippen molar-refractivity contribution in [3.8, 4) is 5.88 Å². The van der Waals surface area contributed by atoms with Gasteiger partial charge in [0.1, 0.15) is 5.60 Å². The van der Waals surface area contributed by atoms with Gasteiger partial charge in [0, 0.05) is 23.7 Å². The van der Waals surface area contributed by atoms with Crippen molar-refractivity contribution in [3.63, 3.8) is 0 Å². The van der Waals surface area contributed by atoms with Gasteiger partial charge in [-0.2, -0.15) is 4.98 Å². The number of nitrogens with one attached hydrogen (secondary N) is 3. The molecular weight excluding hydrogens is 350 g/mol. The minimum Gasteiger partial charge on any atom is -0.481 e. The van der Waals surface area contributed by atoms with Gasteiger partial charge in [-0.05, 0) is 47.0 Å². The number of hydrazine groups is 1. The summed E-state index contributed by atoms with van der Waals surface area (Å²) < 4.78 is 10.4. The molecule has 1 fully saturated rings. The van der Waals surface area contributed by atoms with E-state index in [1.807, 2.05) is 27.7 Å². The van der Waals surface area contributed by atoms with Crippen LogP contribution in [0.2, 0.25) is 0 Å². The van der Waals surface area contributed by atoms with Crippen LogP contribution < -0.4 is 20.9 Å². The number of aromatic nitrogens is 2. The Bertz CT molecular complexity index is 674. The van der Waals surface area contributed by atoms with E-state index >= 15 is 0 Å². The van der Waals surface area contributed by atoms with Crippen LogP contribution in [0.15, 0.2) is 6.07 Å². The Morgan fingerprint density at radius 3 is 2.63 bits per heavy atom. The number of anilines is 1. The van der Waals surface area contributed by atoms with Crippen LogP contribution in [-0.4, -0.2) is 40.7 Å². The first-order chi connectivity index (χ1) is 12.7. The molecule has 9 nitrogen and oxygen atoms in total. The maximum Gasteiger partial charge on any atom is 0.407 e. The lowest BCUT2D eigenvalue weighted by Gasteiger charge is -2.30.